The van der Waals surface area contributed by atoms with Crippen molar-refractivity contribution in [1.82, 2.24) is 10.6 Å². The summed E-state index contributed by atoms with van der Waals surface area (Å²) < 4.78 is 0. The van der Waals surface area contributed by atoms with Gasteiger partial charge in [0.2, 0.25) is 11.8 Å². The van der Waals surface area contributed by atoms with Gasteiger partial charge in [0.1, 0.15) is 0 Å². The smallest absolute Gasteiger partial charge is 0.243 e. The summed E-state index contributed by atoms with van der Waals surface area (Å²) in [7, 11) is 0. The van der Waals surface area contributed by atoms with Crippen LogP contribution in [-0.2, 0) is 9.59 Å². The van der Waals surface area contributed by atoms with Crippen molar-refractivity contribution in [3.05, 3.63) is 12.2 Å². The van der Waals surface area contributed by atoms with E-state index < -0.39 is 5.54 Å². The molecule has 0 spiro atoms. The first-order valence-corrected chi connectivity index (χ1v) is 11.0. The number of hydrogen-bond donors (Lipinski definition) is 3. The Morgan fingerprint density at radius 1 is 1.21 bits per heavy atom. The number of amides is 2. The molecule has 0 saturated heterocycles. The molecule has 7 atom stereocenters. The van der Waals surface area contributed by atoms with Crippen molar-refractivity contribution < 1.29 is 14.7 Å². The lowest BCUT2D eigenvalue weighted by molar-refractivity contribution is -0.136. The maximum Gasteiger partial charge on any atom is 0.243 e. The van der Waals surface area contributed by atoms with Crippen molar-refractivity contribution in [2.24, 2.45) is 34.5 Å². The second kappa shape index (κ2) is 6.58. The van der Waals surface area contributed by atoms with Gasteiger partial charge in [0.05, 0.1) is 12.1 Å². The monoisotopic (exact) mass is 388 g/mol. The first-order valence-electron chi connectivity index (χ1n) is 11.0. The normalized spacial score (nSPS) is 44.9. The third-order valence-corrected chi connectivity index (χ3v) is 8.86. The van der Waals surface area contributed by atoms with Crippen LogP contribution in [0.25, 0.3) is 0 Å². The van der Waals surface area contributed by atoms with E-state index in [4.69, 9.17) is 0 Å². The molecule has 0 aromatic rings. The number of carbonyl (C=O) groups is 2. The predicted molar refractivity (Wildman–Crippen MR) is 108 cm³/mol. The van der Waals surface area contributed by atoms with E-state index in [-0.39, 0.29) is 41.2 Å². The molecule has 5 heteroatoms. The molecule has 5 nitrogen and oxygen atoms in total. The molecule has 0 bridgehead atoms. The van der Waals surface area contributed by atoms with Crippen LogP contribution in [0.1, 0.15) is 66.2 Å². The summed E-state index contributed by atoms with van der Waals surface area (Å²) in [5.74, 6) is 1.98. The van der Waals surface area contributed by atoms with E-state index in [0.29, 0.717) is 17.8 Å². The van der Waals surface area contributed by atoms with E-state index >= 15 is 0 Å². The second-order valence-corrected chi connectivity index (χ2v) is 10.9. The van der Waals surface area contributed by atoms with Crippen molar-refractivity contribution in [3.8, 4) is 0 Å². The standard InChI is InChI=1S/C23H36N2O3/c1-21(2,13-26)25-20(28)17-7-6-15-14-5-8-18-23(4,12-10-19(27)24-18)16(14)9-11-22(15,17)3/h10,12,14-18,26H,5-9,11,13H2,1-4H3,(H,24,27)(H,25,28)/t14-,15-,16+,17?,18?,22-,23+/m0/s1. The van der Waals surface area contributed by atoms with Crippen molar-refractivity contribution in [3.63, 3.8) is 0 Å². The maximum absolute atomic E-state index is 13.1. The third kappa shape index (κ3) is 2.92. The van der Waals surface area contributed by atoms with Gasteiger partial charge in [0.25, 0.3) is 0 Å². The Balaban J connectivity index is 1.56. The van der Waals surface area contributed by atoms with Crippen LogP contribution in [-0.4, -0.2) is 35.1 Å². The average Bonchev–Trinajstić information content (AvgIpc) is 2.99. The predicted octanol–water partition coefficient (Wildman–Crippen LogP) is 2.79. The number of nitrogens with one attached hydrogen (secondary N) is 2. The molecule has 0 aromatic carbocycles. The van der Waals surface area contributed by atoms with E-state index in [9.17, 15) is 14.7 Å². The lowest BCUT2D eigenvalue weighted by Crippen LogP contribution is -2.60. The maximum atomic E-state index is 13.1. The summed E-state index contributed by atoms with van der Waals surface area (Å²) in [5, 5.41) is 15.8. The quantitative estimate of drug-likeness (QED) is 0.696. The van der Waals surface area contributed by atoms with Gasteiger partial charge in [-0.3, -0.25) is 9.59 Å². The Hall–Kier alpha value is -1.36. The van der Waals surface area contributed by atoms with Crippen molar-refractivity contribution in [1.29, 1.82) is 0 Å². The fourth-order valence-electron chi connectivity index (χ4n) is 7.22. The summed E-state index contributed by atoms with van der Waals surface area (Å²) in [6.45, 7) is 8.37. The molecule has 3 fully saturated rings. The Bertz CT molecular complexity index is 702. The SMILES string of the molecule is CC(C)(CO)NC(=O)C1CC[C@H]2[C@@H]3CCC4NC(=O)C=C[C@]4(C)[C@@H]3CC[C@]12C. The van der Waals surface area contributed by atoms with Gasteiger partial charge in [-0.25, -0.2) is 0 Å². The Morgan fingerprint density at radius 2 is 1.96 bits per heavy atom. The third-order valence-electron chi connectivity index (χ3n) is 8.86. The zero-order chi connectivity index (χ0) is 20.3. The molecule has 0 radical (unpaired) electrons. The molecular formula is C23H36N2O3. The number of fused-ring (bicyclic) bond motifs is 5. The van der Waals surface area contributed by atoms with E-state index in [1.54, 1.807) is 6.08 Å². The molecule has 3 saturated carbocycles. The van der Waals surface area contributed by atoms with Gasteiger partial charge in [-0.05, 0) is 81.6 Å². The molecule has 3 N–H and O–H groups in total. The Morgan fingerprint density at radius 3 is 2.68 bits per heavy atom. The first kappa shape index (κ1) is 19.9. The van der Waals surface area contributed by atoms with Crippen LogP contribution in [0.3, 0.4) is 0 Å². The minimum Gasteiger partial charge on any atom is -0.394 e. The number of carbonyl (C=O) groups excluding carboxylic acids is 2. The molecule has 4 aliphatic rings. The van der Waals surface area contributed by atoms with Crippen LogP contribution in [0.15, 0.2) is 12.2 Å². The van der Waals surface area contributed by atoms with Gasteiger partial charge >= 0.3 is 0 Å². The number of aliphatic hydroxyl groups excluding tert-OH is 1. The summed E-state index contributed by atoms with van der Waals surface area (Å²) in [4.78, 5) is 24.9. The number of aliphatic hydroxyl groups is 1. The van der Waals surface area contributed by atoms with Gasteiger partial charge in [-0.2, -0.15) is 0 Å². The van der Waals surface area contributed by atoms with Crippen LogP contribution in [0.5, 0.6) is 0 Å². The molecule has 4 rings (SSSR count). The van der Waals surface area contributed by atoms with E-state index in [2.05, 4.69) is 30.6 Å². The lowest BCUT2D eigenvalue weighted by Gasteiger charge is -2.58. The molecule has 156 valence electrons. The summed E-state index contributed by atoms with van der Waals surface area (Å²) in [5.41, 5.74) is -0.488. The molecule has 1 aliphatic heterocycles. The second-order valence-electron chi connectivity index (χ2n) is 10.9. The largest absolute Gasteiger partial charge is 0.394 e. The van der Waals surface area contributed by atoms with Gasteiger partial charge in [-0.1, -0.05) is 19.9 Å². The van der Waals surface area contributed by atoms with Crippen LogP contribution >= 0.6 is 0 Å². The first-order chi connectivity index (χ1) is 13.1. The van der Waals surface area contributed by atoms with Gasteiger partial charge in [-0.15, -0.1) is 0 Å². The van der Waals surface area contributed by atoms with Crippen LogP contribution < -0.4 is 10.6 Å². The van der Waals surface area contributed by atoms with E-state index in [0.717, 1.165) is 38.5 Å². The van der Waals surface area contributed by atoms with Gasteiger partial charge in [0.15, 0.2) is 0 Å². The molecule has 0 aromatic heterocycles. The highest BCUT2D eigenvalue weighted by Gasteiger charge is 2.61. The highest BCUT2D eigenvalue weighted by Crippen LogP contribution is 2.65. The topological polar surface area (TPSA) is 78.4 Å². The van der Waals surface area contributed by atoms with Gasteiger partial charge < -0.3 is 15.7 Å². The number of rotatable bonds is 3. The fraction of sp³-hybridized carbons (Fsp3) is 0.826. The minimum atomic E-state index is -0.570. The molecular weight excluding hydrogens is 352 g/mol. The highest BCUT2D eigenvalue weighted by atomic mass is 16.3. The van der Waals surface area contributed by atoms with Crippen LogP contribution in [0.4, 0.5) is 0 Å². The zero-order valence-electron chi connectivity index (χ0n) is 17.8. The molecule has 1 heterocycles. The summed E-state index contributed by atoms with van der Waals surface area (Å²) in [6.07, 6.45) is 10.4. The van der Waals surface area contributed by atoms with Gasteiger partial charge in [0, 0.05) is 17.4 Å². The van der Waals surface area contributed by atoms with Crippen molar-refractivity contribution in [2.45, 2.75) is 77.8 Å². The molecule has 2 unspecified atom stereocenters. The average molecular weight is 389 g/mol. The highest BCUT2D eigenvalue weighted by molar-refractivity contribution is 5.89. The van der Waals surface area contributed by atoms with Crippen molar-refractivity contribution in [2.75, 3.05) is 6.61 Å². The number of hydrogen-bond acceptors (Lipinski definition) is 3. The van der Waals surface area contributed by atoms with E-state index in [1.165, 1.54) is 0 Å². The minimum absolute atomic E-state index is 0.0383. The van der Waals surface area contributed by atoms with E-state index in [1.807, 2.05) is 13.8 Å². The molecule has 2 amide bonds. The van der Waals surface area contributed by atoms with Crippen molar-refractivity contribution >= 4 is 11.8 Å². The lowest BCUT2D eigenvalue weighted by atomic mass is 9.48. The Kier molecular flexibility index (Phi) is 4.68. The fourth-order valence-corrected chi connectivity index (χ4v) is 7.22. The summed E-state index contributed by atoms with van der Waals surface area (Å²) >= 11 is 0. The van der Waals surface area contributed by atoms with Crippen LogP contribution in [0.2, 0.25) is 0 Å². The van der Waals surface area contributed by atoms with Crippen LogP contribution in [0, 0.1) is 34.5 Å². The Labute approximate surface area is 168 Å². The zero-order valence-corrected chi connectivity index (χ0v) is 17.8. The molecule has 3 aliphatic carbocycles. The summed E-state index contributed by atoms with van der Waals surface area (Å²) in [6, 6.07) is 0.251. The molecule has 28 heavy (non-hydrogen) atoms.